The molecule has 0 saturated carbocycles. The maximum Gasteiger partial charge on any atom is 0.0485 e. The zero-order chi connectivity index (χ0) is 14.1. The Kier molecular flexibility index (Phi) is 3.71. The van der Waals surface area contributed by atoms with E-state index in [1.165, 1.54) is 41.5 Å². The molecular formula is C18H20ClN. The summed E-state index contributed by atoms with van der Waals surface area (Å²) in [4.78, 5) is 0. The fourth-order valence-corrected chi connectivity index (χ4v) is 3.10. The predicted octanol–water partition coefficient (Wildman–Crippen LogP) is 5.31. The Morgan fingerprint density at radius 1 is 1.05 bits per heavy atom. The van der Waals surface area contributed by atoms with Gasteiger partial charge in [0.2, 0.25) is 0 Å². The van der Waals surface area contributed by atoms with E-state index in [4.69, 9.17) is 11.6 Å². The van der Waals surface area contributed by atoms with Gasteiger partial charge in [0.05, 0.1) is 0 Å². The molecule has 2 aromatic rings. The number of hydrogen-bond donors (Lipinski definition) is 1. The van der Waals surface area contributed by atoms with Crippen molar-refractivity contribution in [2.75, 3.05) is 5.32 Å². The van der Waals surface area contributed by atoms with Gasteiger partial charge in [-0.3, -0.25) is 0 Å². The predicted molar refractivity (Wildman–Crippen MR) is 86.7 cm³/mol. The molecule has 0 aromatic heterocycles. The van der Waals surface area contributed by atoms with E-state index in [1.54, 1.807) is 0 Å². The van der Waals surface area contributed by atoms with Gasteiger partial charge in [0.1, 0.15) is 0 Å². The second-order valence-corrected chi connectivity index (χ2v) is 6.14. The maximum atomic E-state index is 6.08. The van der Waals surface area contributed by atoms with Gasteiger partial charge in [-0.15, -0.1) is 0 Å². The van der Waals surface area contributed by atoms with Gasteiger partial charge < -0.3 is 5.32 Å². The third-order valence-corrected chi connectivity index (χ3v) is 4.43. The number of fused-ring (bicyclic) bond motifs is 1. The largest absolute Gasteiger partial charge is 0.378 e. The van der Waals surface area contributed by atoms with Gasteiger partial charge in [0, 0.05) is 16.8 Å². The number of benzene rings is 2. The lowest BCUT2D eigenvalue weighted by atomic mass is 10.0. The van der Waals surface area contributed by atoms with E-state index >= 15 is 0 Å². The van der Waals surface area contributed by atoms with E-state index in [1.807, 2.05) is 12.1 Å². The van der Waals surface area contributed by atoms with E-state index in [0.29, 0.717) is 0 Å². The van der Waals surface area contributed by atoms with E-state index in [2.05, 4.69) is 43.4 Å². The molecule has 20 heavy (non-hydrogen) atoms. The Balaban J connectivity index is 1.82. The minimum atomic E-state index is 0.290. The molecule has 2 heteroatoms. The minimum absolute atomic E-state index is 0.290. The summed E-state index contributed by atoms with van der Waals surface area (Å²) >= 11 is 6.08. The van der Waals surface area contributed by atoms with Crippen LogP contribution in [0.15, 0.2) is 36.4 Å². The van der Waals surface area contributed by atoms with Crippen molar-refractivity contribution in [3.05, 3.63) is 63.7 Å². The van der Waals surface area contributed by atoms with Crippen LogP contribution in [-0.2, 0) is 12.8 Å². The molecule has 1 aliphatic carbocycles. The second kappa shape index (κ2) is 5.49. The highest BCUT2D eigenvalue weighted by molar-refractivity contribution is 6.30. The van der Waals surface area contributed by atoms with Gasteiger partial charge in [-0.05, 0) is 67.5 Å². The van der Waals surface area contributed by atoms with Gasteiger partial charge in [0.15, 0.2) is 0 Å². The molecule has 1 N–H and O–H groups in total. The molecule has 0 aliphatic heterocycles. The van der Waals surface area contributed by atoms with Crippen LogP contribution in [-0.4, -0.2) is 0 Å². The highest BCUT2D eigenvalue weighted by Crippen LogP contribution is 2.28. The zero-order valence-corrected chi connectivity index (χ0v) is 12.8. The molecule has 1 unspecified atom stereocenters. The van der Waals surface area contributed by atoms with Crippen LogP contribution >= 0.6 is 11.6 Å². The first kappa shape index (κ1) is 13.5. The molecule has 0 radical (unpaired) electrons. The first-order valence-corrected chi connectivity index (χ1v) is 7.65. The molecule has 1 nitrogen and oxygen atoms in total. The van der Waals surface area contributed by atoms with E-state index in [9.17, 15) is 0 Å². The summed E-state index contributed by atoms with van der Waals surface area (Å²) in [6, 6.07) is 13.2. The van der Waals surface area contributed by atoms with Crippen molar-refractivity contribution in [3.63, 3.8) is 0 Å². The van der Waals surface area contributed by atoms with Crippen LogP contribution in [0.5, 0.6) is 0 Å². The van der Waals surface area contributed by atoms with Crippen molar-refractivity contribution in [1.82, 2.24) is 0 Å². The Morgan fingerprint density at radius 2 is 1.85 bits per heavy atom. The van der Waals surface area contributed by atoms with Crippen LogP contribution in [0.25, 0.3) is 0 Å². The van der Waals surface area contributed by atoms with Gasteiger partial charge in [0.25, 0.3) is 0 Å². The van der Waals surface area contributed by atoms with E-state index in [-0.39, 0.29) is 6.04 Å². The lowest BCUT2D eigenvalue weighted by molar-refractivity contribution is 0.877. The molecule has 0 fully saturated rings. The highest BCUT2D eigenvalue weighted by atomic mass is 35.5. The van der Waals surface area contributed by atoms with Crippen LogP contribution in [0.2, 0.25) is 5.02 Å². The quantitative estimate of drug-likeness (QED) is 0.806. The van der Waals surface area contributed by atoms with E-state index < -0.39 is 0 Å². The number of hydrogen-bond acceptors (Lipinski definition) is 1. The van der Waals surface area contributed by atoms with Crippen molar-refractivity contribution in [1.29, 1.82) is 0 Å². The first-order valence-electron chi connectivity index (χ1n) is 7.28. The molecule has 3 rings (SSSR count). The Morgan fingerprint density at radius 3 is 2.70 bits per heavy atom. The molecule has 0 spiro atoms. The monoisotopic (exact) mass is 285 g/mol. The molecule has 0 bridgehead atoms. The topological polar surface area (TPSA) is 12.0 Å². The lowest BCUT2D eigenvalue weighted by Crippen LogP contribution is -2.08. The van der Waals surface area contributed by atoms with Gasteiger partial charge in [-0.2, -0.15) is 0 Å². The summed E-state index contributed by atoms with van der Waals surface area (Å²) in [5.41, 5.74) is 6.75. The van der Waals surface area contributed by atoms with Crippen LogP contribution in [0.3, 0.4) is 0 Å². The average Bonchev–Trinajstić information content (AvgIpc) is 2.90. The minimum Gasteiger partial charge on any atom is -0.378 e. The first-order chi connectivity index (χ1) is 9.63. The lowest BCUT2D eigenvalue weighted by Gasteiger charge is -2.18. The summed E-state index contributed by atoms with van der Waals surface area (Å²) in [6.07, 6.45) is 3.77. The third kappa shape index (κ3) is 2.69. The fraction of sp³-hybridized carbons (Fsp3) is 0.333. The molecule has 0 saturated heterocycles. The summed E-state index contributed by atoms with van der Waals surface area (Å²) in [7, 11) is 0. The number of rotatable bonds is 3. The average molecular weight is 286 g/mol. The van der Waals surface area contributed by atoms with Crippen LogP contribution in [0, 0.1) is 6.92 Å². The smallest absolute Gasteiger partial charge is 0.0485 e. The van der Waals surface area contributed by atoms with Crippen molar-refractivity contribution < 1.29 is 0 Å². The summed E-state index contributed by atoms with van der Waals surface area (Å²) in [5.74, 6) is 0. The molecule has 1 atom stereocenters. The SMILES string of the molecule is Cc1ccc(Cl)cc1NC(C)c1ccc2c(c1)CCC2. The number of nitrogens with one attached hydrogen (secondary N) is 1. The van der Waals surface area contributed by atoms with Crippen LogP contribution in [0.4, 0.5) is 5.69 Å². The van der Waals surface area contributed by atoms with Gasteiger partial charge >= 0.3 is 0 Å². The molecule has 104 valence electrons. The van der Waals surface area contributed by atoms with Gasteiger partial charge in [-0.1, -0.05) is 35.9 Å². The normalized spacial score (nSPS) is 14.9. The number of halogens is 1. The molecule has 0 heterocycles. The van der Waals surface area contributed by atoms with Crippen molar-refractivity contribution in [2.24, 2.45) is 0 Å². The zero-order valence-electron chi connectivity index (χ0n) is 12.0. The van der Waals surface area contributed by atoms with Crippen molar-refractivity contribution in [2.45, 2.75) is 39.2 Å². The second-order valence-electron chi connectivity index (χ2n) is 5.71. The van der Waals surface area contributed by atoms with Gasteiger partial charge in [-0.25, -0.2) is 0 Å². The number of aryl methyl sites for hydroxylation is 3. The fourth-order valence-electron chi connectivity index (χ4n) is 2.93. The summed E-state index contributed by atoms with van der Waals surface area (Å²) in [6.45, 7) is 4.31. The standard InChI is InChI=1S/C18H20ClN/c1-12-6-9-17(19)11-18(12)20-13(2)15-8-7-14-4-3-5-16(14)10-15/h6-11,13,20H,3-5H2,1-2H3. The Labute approximate surface area is 126 Å². The van der Waals surface area contributed by atoms with Crippen LogP contribution in [0.1, 0.15) is 41.6 Å². The Bertz CT molecular complexity index is 633. The number of anilines is 1. The van der Waals surface area contributed by atoms with Crippen LogP contribution < -0.4 is 5.32 Å². The van der Waals surface area contributed by atoms with E-state index in [0.717, 1.165) is 10.7 Å². The molecule has 1 aliphatic rings. The van der Waals surface area contributed by atoms with Crippen molar-refractivity contribution >= 4 is 17.3 Å². The Hall–Kier alpha value is -1.47. The summed E-state index contributed by atoms with van der Waals surface area (Å²) in [5, 5.41) is 4.35. The molecule has 2 aromatic carbocycles. The van der Waals surface area contributed by atoms with Crippen molar-refractivity contribution in [3.8, 4) is 0 Å². The third-order valence-electron chi connectivity index (χ3n) is 4.19. The molecular weight excluding hydrogens is 266 g/mol. The summed E-state index contributed by atoms with van der Waals surface area (Å²) < 4.78 is 0. The molecule has 0 amide bonds. The maximum absolute atomic E-state index is 6.08. The highest BCUT2D eigenvalue weighted by Gasteiger charge is 2.14.